The van der Waals surface area contributed by atoms with Crippen molar-refractivity contribution in [2.24, 2.45) is 0 Å². The molecule has 3 amide bonds. The van der Waals surface area contributed by atoms with Crippen molar-refractivity contribution >= 4 is 29.4 Å². The third-order valence-electron chi connectivity index (χ3n) is 3.16. The van der Waals surface area contributed by atoms with Crippen LogP contribution in [0.3, 0.4) is 0 Å². The molecule has 2 rings (SSSR count). The molecule has 3 N–H and O–H groups in total. The number of hydrogen-bond donors (Lipinski definition) is 3. The number of amides is 3. The van der Waals surface area contributed by atoms with Crippen molar-refractivity contribution in [2.45, 2.75) is 11.8 Å². The molecule has 0 bridgehead atoms. The summed E-state index contributed by atoms with van der Waals surface area (Å²) in [6.45, 7) is 2.56. The number of aryl methyl sites for hydroxylation is 1. The lowest BCUT2D eigenvalue weighted by molar-refractivity contribution is -0.119. The molecule has 0 spiro atoms. The Morgan fingerprint density at radius 2 is 1.67 bits per heavy atom. The van der Waals surface area contributed by atoms with Crippen LogP contribution < -0.4 is 16.0 Å². The summed E-state index contributed by atoms with van der Waals surface area (Å²) in [5.74, 6) is 0.577. The van der Waals surface area contributed by atoms with E-state index in [1.165, 1.54) is 10.5 Å². The molecule has 0 saturated carbocycles. The molecule has 2 aromatic rings. The first-order valence-electron chi connectivity index (χ1n) is 7.69. The van der Waals surface area contributed by atoms with Gasteiger partial charge >= 0.3 is 6.03 Å². The lowest BCUT2D eigenvalue weighted by Crippen LogP contribution is -2.39. The highest BCUT2D eigenvalue weighted by molar-refractivity contribution is 7.99. The highest BCUT2D eigenvalue weighted by Crippen LogP contribution is 2.17. The van der Waals surface area contributed by atoms with Crippen LogP contribution in [0.1, 0.15) is 5.56 Å². The Bertz CT molecular complexity index is 660. The number of carbonyl (C=O) groups is 2. The van der Waals surface area contributed by atoms with Gasteiger partial charge in [-0.15, -0.1) is 11.8 Å². The van der Waals surface area contributed by atoms with Gasteiger partial charge in [-0.2, -0.15) is 0 Å². The maximum absolute atomic E-state index is 11.7. The largest absolute Gasteiger partial charge is 0.354 e. The normalized spacial score (nSPS) is 10.0. The summed E-state index contributed by atoms with van der Waals surface area (Å²) in [5.41, 5.74) is 1.91. The van der Waals surface area contributed by atoms with Crippen molar-refractivity contribution in [3.8, 4) is 0 Å². The van der Waals surface area contributed by atoms with Gasteiger partial charge in [-0.25, -0.2) is 4.79 Å². The van der Waals surface area contributed by atoms with E-state index in [0.717, 1.165) is 5.75 Å². The van der Waals surface area contributed by atoms with Gasteiger partial charge in [-0.05, 0) is 31.2 Å². The highest BCUT2D eigenvalue weighted by atomic mass is 32.2. The molecule has 0 radical (unpaired) electrons. The SMILES string of the molecule is Cc1ccc(SCCNC(=O)CNC(=O)Nc2ccccc2)cc1. The van der Waals surface area contributed by atoms with Gasteiger partial charge < -0.3 is 16.0 Å². The van der Waals surface area contributed by atoms with Gasteiger partial charge in [0.1, 0.15) is 0 Å². The lowest BCUT2D eigenvalue weighted by atomic mass is 10.2. The van der Waals surface area contributed by atoms with Crippen molar-refractivity contribution in [2.75, 3.05) is 24.2 Å². The number of para-hydroxylation sites is 1. The fraction of sp³-hybridized carbons (Fsp3) is 0.222. The summed E-state index contributed by atoms with van der Waals surface area (Å²) >= 11 is 1.68. The molecule has 6 heteroatoms. The van der Waals surface area contributed by atoms with E-state index in [1.54, 1.807) is 23.9 Å². The molecule has 2 aromatic carbocycles. The molecule has 0 saturated heterocycles. The molecule has 0 aliphatic heterocycles. The topological polar surface area (TPSA) is 70.2 Å². The van der Waals surface area contributed by atoms with Crippen LogP contribution in [0.4, 0.5) is 10.5 Å². The second-order valence-electron chi connectivity index (χ2n) is 5.19. The molecular formula is C18H21N3O2S. The minimum atomic E-state index is -0.398. The van der Waals surface area contributed by atoms with E-state index in [1.807, 2.05) is 18.2 Å². The second kappa shape index (κ2) is 9.62. The molecule has 126 valence electrons. The number of nitrogens with one attached hydrogen (secondary N) is 3. The molecule has 0 aliphatic rings. The number of rotatable bonds is 7. The summed E-state index contributed by atoms with van der Waals surface area (Å²) in [6.07, 6.45) is 0. The quantitative estimate of drug-likeness (QED) is 0.535. The van der Waals surface area contributed by atoms with Gasteiger partial charge in [0.25, 0.3) is 0 Å². The van der Waals surface area contributed by atoms with E-state index in [9.17, 15) is 9.59 Å². The van der Waals surface area contributed by atoms with Gasteiger partial charge in [0.05, 0.1) is 6.54 Å². The Morgan fingerprint density at radius 3 is 2.38 bits per heavy atom. The molecule has 0 unspecified atom stereocenters. The van der Waals surface area contributed by atoms with Crippen LogP contribution in [-0.4, -0.2) is 30.8 Å². The monoisotopic (exact) mass is 343 g/mol. The molecule has 0 aromatic heterocycles. The zero-order valence-corrected chi connectivity index (χ0v) is 14.4. The Morgan fingerprint density at radius 1 is 0.958 bits per heavy atom. The van der Waals surface area contributed by atoms with Crippen molar-refractivity contribution in [3.63, 3.8) is 0 Å². The average Bonchev–Trinajstić information content (AvgIpc) is 2.59. The molecule has 0 fully saturated rings. The van der Waals surface area contributed by atoms with Crippen LogP contribution in [0.25, 0.3) is 0 Å². The fourth-order valence-electron chi connectivity index (χ4n) is 1.91. The third kappa shape index (κ3) is 6.75. The van der Waals surface area contributed by atoms with Gasteiger partial charge in [-0.1, -0.05) is 35.9 Å². The van der Waals surface area contributed by atoms with E-state index in [0.29, 0.717) is 12.2 Å². The lowest BCUT2D eigenvalue weighted by Gasteiger charge is -2.08. The van der Waals surface area contributed by atoms with E-state index in [-0.39, 0.29) is 12.5 Å². The molecule has 0 aliphatic carbocycles. The number of urea groups is 1. The maximum Gasteiger partial charge on any atom is 0.319 e. The van der Waals surface area contributed by atoms with E-state index in [4.69, 9.17) is 0 Å². The van der Waals surface area contributed by atoms with Crippen LogP contribution in [0.5, 0.6) is 0 Å². The molecule has 0 heterocycles. The van der Waals surface area contributed by atoms with Crippen LogP contribution in [0, 0.1) is 6.92 Å². The molecule has 24 heavy (non-hydrogen) atoms. The van der Waals surface area contributed by atoms with Crippen molar-refractivity contribution < 1.29 is 9.59 Å². The van der Waals surface area contributed by atoms with Gasteiger partial charge in [0.15, 0.2) is 0 Å². The van der Waals surface area contributed by atoms with Crippen molar-refractivity contribution in [1.82, 2.24) is 10.6 Å². The number of hydrogen-bond acceptors (Lipinski definition) is 3. The number of anilines is 1. The Balaban J connectivity index is 1.58. The molecule has 5 nitrogen and oxygen atoms in total. The number of carbonyl (C=O) groups excluding carboxylic acids is 2. The summed E-state index contributed by atoms with van der Waals surface area (Å²) in [7, 11) is 0. The first-order valence-corrected chi connectivity index (χ1v) is 8.68. The molecule has 0 atom stereocenters. The summed E-state index contributed by atoms with van der Waals surface area (Å²) in [5, 5.41) is 7.96. The van der Waals surface area contributed by atoms with Gasteiger partial charge in [0.2, 0.25) is 5.91 Å². The Hall–Kier alpha value is -2.47. The van der Waals surface area contributed by atoms with E-state index >= 15 is 0 Å². The van der Waals surface area contributed by atoms with Crippen LogP contribution in [0.15, 0.2) is 59.5 Å². The summed E-state index contributed by atoms with van der Waals surface area (Å²) in [4.78, 5) is 24.5. The number of benzene rings is 2. The first kappa shape index (κ1) is 17.9. The minimum Gasteiger partial charge on any atom is -0.354 e. The predicted molar refractivity (Wildman–Crippen MR) is 98.4 cm³/mol. The smallest absolute Gasteiger partial charge is 0.319 e. The summed E-state index contributed by atoms with van der Waals surface area (Å²) < 4.78 is 0. The van der Waals surface area contributed by atoms with E-state index < -0.39 is 6.03 Å². The van der Waals surface area contributed by atoms with Crippen LogP contribution in [0.2, 0.25) is 0 Å². The van der Waals surface area contributed by atoms with Gasteiger partial charge in [0, 0.05) is 22.9 Å². The second-order valence-corrected chi connectivity index (χ2v) is 6.35. The summed E-state index contributed by atoms with van der Waals surface area (Å²) in [6, 6.07) is 16.9. The highest BCUT2D eigenvalue weighted by Gasteiger charge is 2.05. The van der Waals surface area contributed by atoms with Gasteiger partial charge in [-0.3, -0.25) is 4.79 Å². The first-order chi connectivity index (χ1) is 11.6. The average molecular weight is 343 g/mol. The standard InChI is InChI=1S/C18H21N3O2S/c1-14-7-9-16(10-8-14)24-12-11-19-17(22)13-20-18(23)21-15-5-3-2-4-6-15/h2-10H,11-13H2,1H3,(H,19,22)(H2,20,21,23). The van der Waals surface area contributed by atoms with Crippen molar-refractivity contribution in [3.05, 3.63) is 60.2 Å². The third-order valence-corrected chi connectivity index (χ3v) is 4.17. The molecular weight excluding hydrogens is 322 g/mol. The van der Waals surface area contributed by atoms with E-state index in [2.05, 4.69) is 47.1 Å². The fourth-order valence-corrected chi connectivity index (χ4v) is 2.68. The minimum absolute atomic E-state index is 0.0478. The predicted octanol–water partition coefficient (Wildman–Crippen LogP) is 3.03. The van der Waals surface area contributed by atoms with Crippen LogP contribution in [-0.2, 0) is 4.79 Å². The van der Waals surface area contributed by atoms with Crippen molar-refractivity contribution in [1.29, 1.82) is 0 Å². The van der Waals surface area contributed by atoms with Crippen LogP contribution >= 0.6 is 11.8 Å². The maximum atomic E-state index is 11.7. The zero-order chi connectivity index (χ0) is 17.2. The zero-order valence-electron chi connectivity index (χ0n) is 13.5. The number of thioether (sulfide) groups is 1. The Labute approximate surface area is 146 Å². The Kier molecular flexibility index (Phi) is 7.17.